The van der Waals surface area contributed by atoms with Gasteiger partial charge >= 0.3 is 23.8 Å². The number of carbonyl (C=O) groups excluding carboxylic acids is 3. The molecule has 0 spiro atoms. The SMILES string of the molecule is Cc1cn([C@H]2C[C@H](N=[N+]=[N-])[C@@H](COC(=O)[C@H](CCCCNC(=O)OC(C)(C)C)NC(=O)OC(C)(C)C)O2)c(=O)[nH]c1=O. The minimum absolute atomic E-state index is 0.0991. The van der Waals surface area contributed by atoms with E-state index in [1.54, 1.807) is 41.5 Å². The molecular weight excluding hydrogens is 554 g/mol. The topological polar surface area (TPSA) is 216 Å². The van der Waals surface area contributed by atoms with Crippen molar-refractivity contribution in [3.05, 3.63) is 43.0 Å². The molecule has 0 unspecified atom stereocenters. The molecule has 1 saturated heterocycles. The summed E-state index contributed by atoms with van der Waals surface area (Å²) in [6, 6.07) is -1.86. The summed E-state index contributed by atoms with van der Waals surface area (Å²) in [7, 11) is 0. The lowest BCUT2D eigenvalue weighted by molar-refractivity contribution is -0.151. The van der Waals surface area contributed by atoms with Crippen molar-refractivity contribution in [2.45, 2.75) is 110 Å². The van der Waals surface area contributed by atoms with Gasteiger partial charge in [-0.1, -0.05) is 5.11 Å². The van der Waals surface area contributed by atoms with E-state index in [0.29, 0.717) is 12.8 Å². The number of H-pyrrole nitrogens is 1. The van der Waals surface area contributed by atoms with E-state index in [2.05, 4.69) is 25.6 Å². The highest BCUT2D eigenvalue weighted by Crippen LogP contribution is 2.30. The van der Waals surface area contributed by atoms with Crippen LogP contribution < -0.4 is 21.9 Å². The summed E-state index contributed by atoms with van der Waals surface area (Å²) in [5.41, 5.74) is 6.63. The van der Waals surface area contributed by atoms with E-state index in [1.165, 1.54) is 17.7 Å². The molecule has 2 heterocycles. The molecule has 16 heteroatoms. The maximum absolute atomic E-state index is 13.0. The van der Waals surface area contributed by atoms with Crippen LogP contribution in [0.5, 0.6) is 0 Å². The van der Waals surface area contributed by atoms with Crippen LogP contribution in [0.3, 0.4) is 0 Å². The van der Waals surface area contributed by atoms with Gasteiger partial charge in [-0.3, -0.25) is 14.3 Å². The summed E-state index contributed by atoms with van der Waals surface area (Å²) in [5, 5.41) is 8.86. The summed E-state index contributed by atoms with van der Waals surface area (Å²) >= 11 is 0. The first-order valence-electron chi connectivity index (χ1n) is 13.6. The lowest BCUT2D eigenvalue weighted by Gasteiger charge is -2.24. The maximum Gasteiger partial charge on any atom is 0.408 e. The van der Waals surface area contributed by atoms with Crippen LogP contribution >= 0.6 is 0 Å². The van der Waals surface area contributed by atoms with Crippen molar-refractivity contribution in [2.24, 2.45) is 5.11 Å². The van der Waals surface area contributed by atoms with Crippen molar-refractivity contribution < 1.29 is 33.3 Å². The molecule has 0 radical (unpaired) electrons. The van der Waals surface area contributed by atoms with Crippen molar-refractivity contribution in [3.8, 4) is 0 Å². The van der Waals surface area contributed by atoms with Crippen molar-refractivity contribution in [2.75, 3.05) is 13.2 Å². The predicted molar refractivity (Wildman–Crippen MR) is 150 cm³/mol. The number of nitrogens with one attached hydrogen (secondary N) is 3. The van der Waals surface area contributed by atoms with E-state index in [9.17, 15) is 24.0 Å². The Labute approximate surface area is 243 Å². The second kappa shape index (κ2) is 14.7. The van der Waals surface area contributed by atoms with Crippen molar-refractivity contribution in [1.82, 2.24) is 20.2 Å². The number of azide groups is 1. The molecule has 1 fully saturated rings. The third kappa shape index (κ3) is 11.4. The number of aromatic amines is 1. The Kier molecular flexibility index (Phi) is 12.0. The van der Waals surface area contributed by atoms with Crippen LogP contribution in [0.1, 0.15) is 79.0 Å². The van der Waals surface area contributed by atoms with Crippen LogP contribution in [-0.2, 0) is 23.7 Å². The zero-order valence-electron chi connectivity index (χ0n) is 25.1. The zero-order valence-corrected chi connectivity index (χ0v) is 25.1. The fourth-order valence-electron chi connectivity index (χ4n) is 3.97. The average Bonchev–Trinajstić information content (AvgIpc) is 3.24. The first-order chi connectivity index (χ1) is 19.5. The number of amides is 2. The third-order valence-corrected chi connectivity index (χ3v) is 5.81. The number of aromatic nitrogens is 2. The molecule has 3 N–H and O–H groups in total. The summed E-state index contributed by atoms with van der Waals surface area (Å²) < 4.78 is 23.0. The number of aryl methyl sites for hydroxylation is 1. The summed E-state index contributed by atoms with van der Waals surface area (Å²) in [6.45, 7) is 11.8. The van der Waals surface area contributed by atoms with Gasteiger partial charge in [-0.05, 0) is 73.3 Å². The van der Waals surface area contributed by atoms with Gasteiger partial charge in [0, 0.05) is 29.6 Å². The quantitative estimate of drug-likeness (QED) is 0.0854. The fourth-order valence-corrected chi connectivity index (χ4v) is 3.97. The summed E-state index contributed by atoms with van der Waals surface area (Å²) in [4.78, 5) is 66.3. The van der Waals surface area contributed by atoms with Gasteiger partial charge in [-0.25, -0.2) is 19.2 Å². The molecule has 16 nitrogen and oxygen atoms in total. The van der Waals surface area contributed by atoms with Crippen LogP contribution in [0.4, 0.5) is 9.59 Å². The van der Waals surface area contributed by atoms with Gasteiger partial charge in [0.15, 0.2) is 0 Å². The predicted octanol–water partition coefficient (Wildman–Crippen LogP) is 2.94. The summed E-state index contributed by atoms with van der Waals surface area (Å²) in [6.07, 6.45) is -0.610. The molecule has 234 valence electrons. The average molecular weight is 596 g/mol. The number of alkyl carbamates (subject to hydrolysis) is 2. The number of carbonyl (C=O) groups is 3. The normalized spacial score (nSPS) is 19.3. The Morgan fingerprint density at radius 3 is 2.40 bits per heavy atom. The van der Waals surface area contributed by atoms with Crippen molar-refractivity contribution in [3.63, 3.8) is 0 Å². The lowest BCUT2D eigenvalue weighted by Crippen LogP contribution is -2.45. The number of rotatable bonds is 11. The molecule has 0 aliphatic carbocycles. The molecule has 1 aromatic rings. The first-order valence-corrected chi connectivity index (χ1v) is 13.6. The molecule has 1 aromatic heterocycles. The Balaban J connectivity index is 2.03. The monoisotopic (exact) mass is 595 g/mol. The van der Waals surface area contributed by atoms with Gasteiger partial charge in [-0.2, -0.15) is 0 Å². The van der Waals surface area contributed by atoms with Crippen LogP contribution in [0.25, 0.3) is 10.4 Å². The number of unbranched alkanes of at least 4 members (excludes halogenated alkanes) is 1. The van der Waals surface area contributed by atoms with E-state index >= 15 is 0 Å². The van der Waals surface area contributed by atoms with Crippen LogP contribution in [0, 0.1) is 6.92 Å². The molecule has 1 aliphatic rings. The Morgan fingerprint density at radius 1 is 1.14 bits per heavy atom. The number of hydrogen-bond acceptors (Lipinski definition) is 10. The number of nitrogens with zero attached hydrogens (tertiary/aromatic N) is 4. The Morgan fingerprint density at radius 2 is 1.79 bits per heavy atom. The van der Waals surface area contributed by atoms with Gasteiger partial charge < -0.3 is 29.6 Å². The van der Waals surface area contributed by atoms with Gasteiger partial charge in [0.1, 0.15) is 36.2 Å². The molecule has 0 bridgehead atoms. The summed E-state index contributed by atoms with van der Waals surface area (Å²) in [5.74, 6) is -0.773. The molecule has 0 saturated carbocycles. The molecule has 2 amide bonds. The molecule has 1 aliphatic heterocycles. The largest absolute Gasteiger partial charge is 0.461 e. The number of ether oxygens (including phenoxy) is 4. The fraction of sp³-hybridized carbons (Fsp3) is 0.731. The second-order valence-corrected chi connectivity index (χ2v) is 11.9. The Bertz CT molecular complexity index is 1270. The van der Waals surface area contributed by atoms with E-state index in [1.807, 2.05) is 0 Å². The molecule has 4 atom stereocenters. The van der Waals surface area contributed by atoms with Gasteiger partial charge in [0.25, 0.3) is 5.56 Å². The van der Waals surface area contributed by atoms with E-state index in [-0.39, 0.29) is 31.6 Å². The Hall–Kier alpha value is -4.04. The van der Waals surface area contributed by atoms with Crippen LogP contribution in [0.15, 0.2) is 20.9 Å². The van der Waals surface area contributed by atoms with Crippen LogP contribution in [-0.4, -0.2) is 70.2 Å². The zero-order chi connectivity index (χ0) is 31.7. The van der Waals surface area contributed by atoms with Gasteiger partial charge in [-0.15, -0.1) is 0 Å². The van der Waals surface area contributed by atoms with E-state index in [4.69, 9.17) is 24.5 Å². The maximum atomic E-state index is 13.0. The first kappa shape index (κ1) is 34.2. The lowest BCUT2D eigenvalue weighted by atomic mass is 10.1. The van der Waals surface area contributed by atoms with Gasteiger partial charge in [0.2, 0.25) is 0 Å². The number of esters is 1. The third-order valence-electron chi connectivity index (χ3n) is 5.81. The van der Waals surface area contributed by atoms with E-state index < -0.39 is 65.0 Å². The second-order valence-electron chi connectivity index (χ2n) is 11.9. The highest BCUT2D eigenvalue weighted by atomic mass is 16.6. The number of hydrogen-bond donors (Lipinski definition) is 3. The molecule has 42 heavy (non-hydrogen) atoms. The minimum Gasteiger partial charge on any atom is -0.461 e. The molecule has 0 aromatic carbocycles. The molecular formula is C26H41N7O9. The van der Waals surface area contributed by atoms with Crippen molar-refractivity contribution in [1.29, 1.82) is 0 Å². The smallest absolute Gasteiger partial charge is 0.408 e. The minimum atomic E-state index is -1.08. The highest BCUT2D eigenvalue weighted by Gasteiger charge is 2.38. The van der Waals surface area contributed by atoms with Crippen molar-refractivity contribution >= 4 is 18.2 Å². The highest BCUT2D eigenvalue weighted by molar-refractivity contribution is 5.81. The molecule has 2 rings (SSSR count). The standard InChI is InChI=1S/C26H41N7O9/c1-15-13-33(22(36)30-20(15)34)19-12-17(31-32-27)18(40-19)14-39-21(35)16(29-24(38)42-26(5,6)7)10-8-9-11-28-23(37)41-25(2,3)4/h13,16-19H,8-12,14H2,1-7H3,(H,28,37)(H,29,38)(H,30,34,36)/t16-,17-,18+,19+/m0/s1. The van der Waals surface area contributed by atoms with Crippen LogP contribution in [0.2, 0.25) is 0 Å². The van der Waals surface area contributed by atoms with E-state index in [0.717, 1.165) is 0 Å². The van der Waals surface area contributed by atoms with Gasteiger partial charge in [0.05, 0.1) is 6.04 Å².